The molecule has 2 aliphatic rings. The lowest BCUT2D eigenvalue weighted by Gasteiger charge is -2.37. The molecule has 2 unspecified atom stereocenters. The van der Waals surface area contributed by atoms with Gasteiger partial charge in [0.25, 0.3) is 0 Å². The first kappa shape index (κ1) is 19.1. The average molecular weight is 342 g/mol. The quantitative estimate of drug-likeness (QED) is 0.510. The number of nitrogens with one attached hydrogen (secondary N) is 1. The fourth-order valence-corrected chi connectivity index (χ4v) is 4.70. The fraction of sp³-hybridized carbons (Fsp3) is 0.882. The summed E-state index contributed by atoms with van der Waals surface area (Å²) < 4.78 is 0. The lowest BCUT2D eigenvalue weighted by atomic mass is 9.68. The standard InChI is InChI=1S/C17H30N2O5/c1-15(2)5-6-16(3,4)13(15)10-8-17(10,9-20)19-24-14(23)11(18)7-12(21)22/h10-11,13,19-20H,5-9,18H2,1-4H3,(H,21,22)/t10?,11-,17?/m0/s1. The van der Waals surface area contributed by atoms with Gasteiger partial charge in [-0.1, -0.05) is 27.7 Å². The number of carbonyl (C=O) groups is 2. The Balaban J connectivity index is 2.00. The Kier molecular flexibility index (Phi) is 5.01. The summed E-state index contributed by atoms with van der Waals surface area (Å²) in [6.07, 6.45) is 2.50. The van der Waals surface area contributed by atoms with Gasteiger partial charge in [-0.25, -0.2) is 4.79 Å². The molecule has 0 bridgehead atoms. The van der Waals surface area contributed by atoms with Gasteiger partial charge in [0.05, 0.1) is 18.6 Å². The first-order valence-corrected chi connectivity index (χ1v) is 8.51. The minimum atomic E-state index is -1.22. The fourth-order valence-electron chi connectivity index (χ4n) is 4.70. The van der Waals surface area contributed by atoms with E-state index >= 15 is 0 Å². The number of aliphatic hydroxyl groups excluding tert-OH is 1. The van der Waals surface area contributed by atoms with Crippen LogP contribution in [0.2, 0.25) is 0 Å². The molecule has 138 valence electrons. The molecule has 0 saturated heterocycles. The van der Waals surface area contributed by atoms with Crippen LogP contribution >= 0.6 is 0 Å². The van der Waals surface area contributed by atoms with Gasteiger partial charge in [0.1, 0.15) is 6.04 Å². The molecular formula is C17H30N2O5. The van der Waals surface area contributed by atoms with Crippen molar-refractivity contribution in [3.8, 4) is 0 Å². The number of carbonyl (C=O) groups excluding carboxylic acids is 1. The lowest BCUT2D eigenvalue weighted by Crippen LogP contribution is -2.46. The van der Waals surface area contributed by atoms with Gasteiger partial charge in [0.15, 0.2) is 0 Å². The van der Waals surface area contributed by atoms with Gasteiger partial charge < -0.3 is 20.8 Å². The second-order valence-corrected chi connectivity index (χ2v) is 8.81. The summed E-state index contributed by atoms with van der Waals surface area (Å²) in [5.74, 6) is -1.37. The third-order valence-corrected chi connectivity index (χ3v) is 5.97. The second kappa shape index (κ2) is 6.28. The summed E-state index contributed by atoms with van der Waals surface area (Å²) in [7, 11) is 0. The van der Waals surface area contributed by atoms with Crippen LogP contribution in [0, 0.1) is 22.7 Å². The summed E-state index contributed by atoms with van der Waals surface area (Å²) in [4.78, 5) is 27.4. The number of nitrogens with two attached hydrogens (primary N) is 1. The van der Waals surface area contributed by atoms with E-state index in [0.717, 1.165) is 19.3 Å². The molecule has 0 aromatic carbocycles. The number of aliphatic carboxylic acids is 1. The van der Waals surface area contributed by atoms with Crippen LogP contribution in [0.4, 0.5) is 0 Å². The van der Waals surface area contributed by atoms with Crippen molar-refractivity contribution in [3.05, 3.63) is 0 Å². The van der Waals surface area contributed by atoms with Crippen LogP contribution in [0.5, 0.6) is 0 Å². The number of aliphatic hydroxyl groups is 1. The topological polar surface area (TPSA) is 122 Å². The van der Waals surface area contributed by atoms with E-state index in [9.17, 15) is 14.7 Å². The monoisotopic (exact) mass is 342 g/mol. The number of rotatable bonds is 7. The van der Waals surface area contributed by atoms with Crippen molar-refractivity contribution >= 4 is 11.9 Å². The van der Waals surface area contributed by atoms with E-state index in [2.05, 4.69) is 33.2 Å². The van der Waals surface area contributed by atoms with Gasteiger partial charge in [0.2, 0.25) is 0 Å². The molecule has 0 aromatic rings. The Morgan fingerprint density at radius 1 is 1.25 bits per heavy atom. The van der Waals surface area contributed by atoms with Crippen molar-refractivity contribution in [1.29, 1.82) is 0 Å². The Labute approximate surface area is 142 Å². The van der Waals surface area contributed by atoms with Crippen LogP contribution in [0.15, 0.2) is 0 Å². The molecule has 2 fully saturated rings. The van der Waals surface area contributed by atoms with E-state index in [0.29, 0.717) is 5.92 Å². The number of carboxylic acid groups (broad SMARTS) is 1. The Morgan fingerprint density at radius 2 is 1.79 bits per heavy atom. The molecule has 0 aliphatic heterocycles. The highest BCUT2D eigenvalue weighted by molar-refractivity contribution is 5.81. The molecule has 0 spiro atoms. The molecular weight excluding hydrogens is 312 g/mol. The molecule has 7 heteroatoms. The first-order chi connectivity index (χ1) is 10.9. The summed E-state index contributed by atoms with van der Waals surface area (Å²) in [5, 5.41) is 18.5. The average Bonchev–Trinajstić information content (AvgIpc) is 3.10. The molecule has 5 N–H and O–H groups in total. The third kappa shape index (κ3) is 3.58. The summed E-state index contributed by atoms with van der Waals surface area (Å²) >= 11 is 0. The number of carboxylic acids is 1. The highest BCUT2D eigenvalue weighted by Crippen LogP contribution is 2.65. The zero-order valence-electron chi connectivity index (χ0n) is 15.0. The SMILES string of the molecule is CC1(C)CCC(C)(C)C1C1CC1(CO)NOC(=O)[C@@H](N)CC(=O)O. The molecule has 2 aliphatic carbocycles. The van der Waals surface area contributed by atoms with E-state index < -0.39 is 29.9 Å². The van der Waals surface area contributed by atoms with Crippen molar-refractivity contribution in [2.75, 3.05) is 6.61 Å². The van der Waals surface area contributed by atoms with Crippen molar-refractivity contribution in [2.24, 2.45) is 28.4 Å². The number of hydroxylamine groups is 1. The minimum Gasteiger partial charge on any atom is -0.481 e. The zero-order chi connectivity index (χ0) is 18.3. The van der Waals surface area contributed by atoms with E-state index in [1.54, 1.807) is 0 Å². The predicted octanol–water partition coefficient (Wildman–Crippen LogP) is 1.05. The van der Waals surface area contributed by atoms with Crippen LogP contribution in [0.3, 0.4) is 0 Å². The maximum absolute atomic E-state index is 11.8. The molecule has 7 nitrogen and oxygen atoms in total. The Morgan fingerprint density at radius 3 is 2.25 bits per heavy atom. The first-order valence-electron chi connectivity index (χ1n) is 8.51. The van der Waals surface area contributed by atoms with Crippen molar-refractivity contribution in [1.82, 2.24) is 5.48 Å². The summed E-state index contributed by atoms with van der Waals surface area (Å²) in [5.41, 5.74) is 7.87. The smallest absolute Gasteiger partial charge is 0.342 e. The van der Waals surface area contributed by atoms with E-state index in [1.165, 1.54) is 0 Å². The molecule has 0 amide bonds. The van der Waals surface area contributed by atoms with Gasteiger partial charge in [-0.15, -0.1) is 5.48 Å². The largest absolute Gasteiger partial charge is 0.481 e. The van der Waals surface area contributed by atoms with E-state index in [1.807, 2.05) is 0 Å². The van der Waals surface area contributed by atoms with Crippen molar-refractivity contribution in [2.45, 2.75) is 65.0 Å². The molecule has 24 heavy (non-hydrogen) atoms. The maximum atomic E-state index is 11.8. The van der Waals surface area contributed by atoms with Gasteiger partial charge in [-0.05, 0) is 41.9 Å². The van der Waals surface area contributed by atoms with Gasteiger partial charge in [0, 0.05) is 0 Å². The summed E-state index contributed by atoms with van der Waals surface area (Å²) in [6.45, 7) is 8.87. The third-order valence-electron chi connectivity index (χ3n) is 5.97. The highest BCUT2D eigenvalue weighted by atomic mass is 16.7. The normalized spacial score (nSPS) is 32.3. The van der Waals surface area contributed by atoms with Gasteiger partial charge in [-0.2, -0.15) is 0 Å². The number of hydrogen-bond acceptors (Lipinski definition) is 6. The van der Waals surface area contributed by atoms with Crippen molar-refractivity contribution in [3.63, 3.8) is 0 Å². The Hall–Kier alpha value is -1.18. The van der Waals surface area contributed by atoms with Crippen LogP contribution < -0.4 is 11.2 Å². The molecule has 3 atom stereocenters. The van der Waals surface area contributed by atoms with E-state index in [-0.39, 0.29) is 23.4 Å². The molecule has 0 radical (unpaired) electrons. The van der Waals surface area contributed by atoms with Gasteiger partial charge in [-0.3, -0.25) is 4.79 Å². The molecule has 0 heterocycles. The highest BCUT2D eigenvalue weighted by Gasteiger charge is 2.65. The lowest BCUT2D eigenvalue weighted by molar-refractivity contribution is -0.159. The number of hydrogen-bond donors (Lipinski definition) is 4. The van der Waals surface area contributed by atoms with Crippen LogP contribution in [-0.2, 0) is 14.4 Å². The second-order valence-electron chi connectivity index (χ2n) is 8.81. The van der Waals surface area contributed by atoms with Gasteiger partial charge >= 0.3 is 11.9 Å². The maximum Gasteiger partial charge on any atom is 0.342 e. The molecule has 2 saturated carbocycles. The predicted molar refractivity (Wildman–Crippen MR) is 87.7 cm³/mol. The molecule has 2 rings (SSSR count). The minimum absolute atomic E-state index is 0.137. The Bertz CT molecular complexity index is 503. The van der Waals surface area contributed by atoms with Crippen LogP contribution in [0.25, 0.3) is 0 Å². The summed E-state index contributed by atoms with van der Waals surface area (Å²) in [6, 6.07) is -1.22. The van der Waals surface area contributed by atoms with Crippen LogP contribution in [0.1, 0.15) is 53.4 Å². The van der Waals surface area contributed by atoms with Crippen molar-refractivity contribution < 1.29 is 24.6 Å². The zero-order valence-corrected chi connectivity index (χ0v) is 15.0. The van der Waals surface area contributed by atoms with E-state index in [4.69, 9.17) is 15.7 Å². The molecule has 0 aromatic heterocycles. The van der Waals surface area contributed by atoms with Crippen LogP contribution in [-0.4, -0.2) is 40.3 Å².